The molecule has 0 radical (unpaired) electrons. The molecule has 0 N–H and O–H groups in total. The van der Waals surface area contributed by atoms with Crippen LogP contribution >= 0.6 is 50.7 Å². The molecule has 2 aromatic heterocycles. The van der Waals surface area contributed by atoms with Crippen molar-refractivity contribution in [3.63, 3.8) is 0 Å². The van der Waals surface area contributed by atoms with Crippen LogP contribution in [0.2, 0.25) is 10.0 Å². The standard InChI is InChI=1S/C14H9BrCl3N3/c15-8-6-10-14(19-7-8)21(12(20-10)4-5-16)11-3-1-2-9(17)13(11)18/h1-3,6-7H,4-5H2. The second kappa shape index (κ2) is 6.13. The van der Waals surface area contributed by atoms with Crippen molar-refractivity contribution in [1.82, 2.24) is 14.5 Å². The predicted molar refractivity (Wildman–Crippen MR) is 91.0 cm³/mol. The molecule has 0 atom stereocenters. The van der Waals surface area contributed by atoms with Gasteiger partial charge in [-0.1, -0.05) is 29.3 Å². The van der Waals surface area contributed by atoms with E-state index < -0.39 is 0 Å². The molecule has 0 amide bonds. The molecule has 0 unspecified atom stereocenters. The van der Waals surface area contributed by atoms with Gasteiger partial charge in [0.15, 0.2) is 5.65 Å². The SMILES string of the molecule is ClCCc1nc2cc(Br)cnc2n1-c1cccc(Cl)c1Cl. The summed E-state index contributed by atoms with van der Waals surface area (Å²) in [4.78, 5) is 9.03. The number of alkyl halides is 1. The monoisotopic (exact) mass is 403 g/mol. The number of imidazole rings is 1. The Hall–Kier alpha value is -0.810. The van der Waals surface area contributed by atoms with Gasteiger partial charge in [0.1, 0.15) is 11.3 Å². The second-order valence-electron chi connectivity index (χ2n) is 4.37. The number of hydrogen-bond acceptors (Lipinski definition) is 2. The van der Waals surface area contributed by atoms with Gasteiger partial charge < -0.3 is 0 Å². The molecule has 0 aliphatic carbocycles. The van der Waals surface area contributed by atoms with Crippen LogP contribution in [0.15, 0.2) is 34.9 Å². The van der Waals surface area contributed by atoms with E-state index in [4.69, 9.17) is 34.8 Å². The number of aryl methyl sites for hydroxylation is 1. The first-order valence-electron chi connectivity index (χ1n) is 6.15. The van der Waals surface area contributed by atoms with Crippen LogP contribution in [-0.4, -0.2) is 20.4 Å². The molecule has 108 valence electrons. The molecule has 21 heavy (non-hydrogen) atoms. The molecule has 0 aliphatic heterocycles. The van der Waals surface area contributed by atoms with E-state index in [1.165, 1.54) is 0 Å². The Morgan fingerprint density at radius 3 is 2.81 bits per heavy atom. The van der Waals surface area contributed by atoms with Crippen molar-refractivity contribution in [2.75, 3.05) is 5.88 Å². The molecule has 7 heteroatoms. The maximum absolute atomic E-state index is 6.34. The average Bonchev–Trinajstić information content (AvgIpc) is 2.79. The fourth-order valence-corrected chi connectivity index (χ4v) is 3.03. The number of benzene rings is 1. The highest BCUT2D eigenvalue weighted by Gasteiger charge is 2.16. The van der Waals surface area contributed by atoms with Crippen LogP contribution in [0.25, 0.3) is 16.9 Å². The summed E-state index contributed by atoms with van der Waals surface area (Å²) in [6.07, 6.45) is 2.34. The zero-order valence-corrected chi connectivity index (χ0v) is 14.5. The van der Waals surface area contributed by atoms with Gasteiger partial charge in [-0.15, -0.1) is 11.6 Å². The first kappa shape index (κ1) is 15.1. The van der Waals surface area contributed by atoms with Crippen LogP contribution in [0.4, 0.5) is 0 Å². The summed E-state index contributed by atoms with van der Waals surface area (Å²) in [5.41, 5.74) is 2.25. The first-order valence-corrected chi connectivity index (χ1v) is 8.23. The van der Waals surface area contributed by atoms with E-state index in [-0.39, 0.29) is 0 Å². The minimum absolute atomic E-state index is 0.461. The van der Waals surface area contributed by atoms with Crippen LogP contribution in [0.3, 0.4) is 0 Å². The summed E-state index contributed by atoms with van der Waals surface area (Å²) in [6.45, 7) is 0. The number of pyridine rings is 1. The number of nitrogens with zero attached hydrogens (tertiary/aromatic N) is 3. The van der Waals surface area contributed by atoms with Crippen LogP contribution in [0, 0.1) is 0 Å². The Morgan fingerprint density at radius 1 is 1.24 bits per heavy atom. The van der Waals surface area contributed by atoms with Gasteiger partial charge in [0.2, 0.25) is 0 Å². The number of rotatable bonds is 3. The highest BCUT2D eigenvalue weighted by molar-refractivity contribution is 9.10. The van der Waals surface area contributed by atoms with Gasteiger partial charge in [0.25, 0.3) is 0 Å². The van der Waals surface area contributed by atoms with Crippen molar-refractivity contribution in [1.29, 1.82) is 0 Å². The quantitative estimate of drug-likeness (QED) is 0.556. The number of fused-ring (bicyclic) bond motifs is 1. The van der Waals surface area contributed by atoms with Gasteiger partial charge in [-0.25, -0.2) is 9.97 Å². The minimum Gasteiger partial charge on any atom is -0.279 e. The van der Waals surface area contributed by atoms with E-state index in [0.29, 0.717) is 22.3 Å². The van der Waals surface area contributed by atoms with Crippen molar-refractivity contribution in [3.8, 4) is 5.69 Å². The zero-order chi connectivity index (χ0) is 15.0. The van der Waals surface area contributed by atoms with E-state index in [0.717, 1.165) is 27.1 Å². The van der Waals surface area contributed by atoms with E-state index >= 15 is 0 Å². The van der Waals surface area contributed by atoms with Crippen molar-refractivity contribution in [2.45, 2.75) is 6.42 Å². The lowest BCUT2D eigenvalue weighted by Gasteiger charge is -2.10. The van der Waals surface area contributed by atoms with Crippen molar-refractivity contribution in [3.05, 3.63) is 50.8 Å². The Bertz CT molecular complexity index is 817. The third-order valence-corrected chi connectivity index (χ3v) is 4.46. The molecule has 1 aromatic carbocycles. The van der Waals surface area contributed by atoms with Crippen LogP contribution in [0.1, 0.15) is 5.82 Å². The molecule has 0 spiro atoms. The Morgan fingerprint density at radius 2 is 2.05 bits per heavy atom. The summed E-state index contributed by atoms with van der Waals surface area (Å²) in [5, 5.41) is 0.962. The lowest BCUT2D eigenvalue weighted by molar-refractivity contribution is 0.905. The van der Waals surface area contributed by atoms with Gasteiger partial charge in [0, 0.05) is 23.0 Å². The lowest BCUT2D eigenvalue weighted by Crippen LogP contribution is -2.03. The number of hydrogen-bond donors (Lipinski definition) is 0. The van der Waals surface area contributed by atoms with Crippen molar-refractivity contribution < 1.29 is 0 Å². The third kappa shape index (κ3) is 2.78. The summed E-state index contributed by atoms with van der Waals surface area (Å²) in [6, 6.07) is 7.39. The van der Waals surface area contributed by atoms with Crippen LogP contribution in [-0.2, 0) is 6.42 Å². The third-order valence-electron chi connectivity index (χ3n) is 3.02. The summed E-state index contributed by atoms with van der Waals surface area (Å²) >= 11 is 21.7. The lowest BCUT2D eigenvalue weighted by atomic mass is 10.3. The van der Waals surface area contributed by atoms with E-state index in [1.54, 1.807) is 12.3 Å². The van der Waals surface area contributed by atoms with Gasteiger partial charge in [0.05, 0.1) is 15.7 Å². The summed E-state index contributed by atoms with van der Waals surface area (Å²) < 4.78 is 2.77. The molecule has 0 saturated carbocycles. The molecule has 3 rings (SSSR count). The highest BCUT2D eigenvalue weighted by Crippen LogP contribution is 2.32. The fraction of sp³-hybridized carbons (Fsp3) is 0.143. The largest absolute Gasteiger partial charge is 0.279 e. The molecule has 3 aromatic rings. The average molecular weight is 406 g/mol. The maximum atomic E-state index is 6.34. The highest BCUT2D eigenvalue weighted by atomic mass is 79.9. The Kier molecular flexibility index (Phi) is 4.41. The van der Waals surface area contributed by atoms with Gasteiger partial charge >= 0.3 is 0 Å². The predicted octanol–water partition coefficient (Wildman–Crippen LogP) is 5.27. The smallest absolute Gasteiger partial charge is 0.164 e. The number of aromatic nitrogens is 3. The Balaban J connectivity index is 2.33. The number of halogens is 4. The molecular weight excluding hydrogens is 396 g/mol. The molecule has 0 bridgehead atoms. The van der Waals surface area contributed by atoms with Gasteiger partial charge in [-0.2, -0.15) is 0 Å². The van der Waals surface area contributed by atoms with Gasteiger partial charge in [-0.3, -0.25) is 4.57 Å². The van der Waals surface area contributed by atoms with Crippen molar-refractivity contribution in [2.24, 2.45) is 0 Å². The zero-order valence-electron chi connectivity index (χ0n) is 10.7. The molecular formula is C14H9BrCl3N3. The summed E-state index contributed by atoms with van der Waals surface area (Å²) in [5.74, 6) is 1.26. The molecule has 0 aliphatic rings. The second-order valence-corrected chi connectivity index (χ2v) is 6.45. The first-order chi connectivity index (χ1) is 10.1. The van der Waals surface area contributed by atoms with Crippen molar-refractivity contribution >= 4 is 61.9 Å². The minimum atomic E-state index is 0.461. The van der Waals surface area contributed by atoms with Crippen LogP contribution < -0.4 is 0 Å². The van der Waals surface area contributed by atoms with E-state index in [2.05, 4.69) is 25.9 Å². The molecule has 0 fully saturated rings. The Labute approximate surface area is 145 Å². The fourth-order valence-electron chi connectivity index (χ4n) is 2.16. The maximum Gasteiger partial charge on any atom is 0.164 e. The van der Waals surface area contributed by atoms with E-state index in [1.807, 2.05) is 22.8 Å². The summed E-state index contributed by atoms with van der Waals surface area (Å²) in [7, 11) is 0. The topological polar surface area (TPSA) is 30.7 Å². The molecule has 2 heterocycles. The molecule has 3 nitrogen and oxygen atoms in total. The van der Waals surface area contributed by atoms with Gasteiger partial charge in [-0.05, 0) is 34.1 Å². The normalized spacial score (nSPS) is 11.2. The molecule has 0 saturated heterocycles. The van der Waals surface area contributed by atoms with Crippen LogP contribution in [0.5, 0.6) is 0 Å². The van der Waals surface area contributed by atoms with E-state index in [9.17, 15) is 0 Å².